The Morgan fingerprint density at radius 3 is 2.74 bits per heavy atom. The fourth-order valence-electron chi connectivity index (χ4n) is 2.69. The molecule has 1 aromatic heterocycles. The Kier molecular flexibility index (Phi) is 5.80. The van der Waals surface area contributed by atoms with Gasteiger partial charge in [0.1, 0.15) is 0 Å². The molecule has 1 aliphatic rings. The van der Waals surface area contributed by atoms with Gasteiger partial charge < -0.3 is 10.1 Å². The number of ether oxygens (including phenoxy) is 1. The van der Waals surface area contributed by atoms with Gasteiger partial charge in [0, 0.05) is 18.4 Å². The van der Waals surface area contributed by atoms with E-state index in [0.29, 0.717) is 18.8 Å². The Morgan fingerprint density at radius 2 is 2.05 bits per heavy atom. The number of nitrogens with zero attached hydrogens (tertiary/aromatic N) is 1. The van der Waals surface area contributed by atoms with E-state index in [-0.39, 0.29) is 0 Å². The Bertz CT molecular complexity index is 373. The minimum atomic E-state index is 0.431. The Hall–Kier alpha value is -0.930. The second-order valence-corrected chi connectivity index (χ2v) is 5.61. The van der Waals surface area contributed by atoms with Crippen molar-refractivity contribution in [2.45, 2.75) is 64.7 Å². The van der Waals surface area contributed by atoms with E-state index in [9.17, 15) is 0 Å². The summed E-state index contributed by atoms with van der Waals surface area (Å²) in [7, 11) is 0. The van der Waals surface area contributed by atoms with Crippen LogP contribution in [0.3, 0.4) is 0 Å². The standard InChI is InChI=1S/C16H26N2O/c1-3-8-18-15-4-6-16(7-5-15)19-12-14-9-13(2)10-17-11-14/h9-11,15-16,18H,3-8,12H2,1-2H3. The molecule has 3 nitrogen and oxygen atoms in total. The predicted molar refractivity (Wildman–Crippen MR) is 78.1 cm³/mol. The highest BCUT2D eigenvalue weighted by molar-refractivity contribution is 5.15. The molecule has 1 aromatic rings. The number of hydrogen-bond acceptors (Lipinski definition) is 3. The van der Waals surface area contributed by atoms with Crippen molar-refractivity contribution in [1.29, 1.82) is 0 Å². The summed E-state index contributed by atoms with van der Waals surface area (Å²) < 4.78 is 6.01. The molecular weight excluding hydrogens is 236 g/mol. The molecule has 0 atom stereocenters. The molecule has 0 unspecified atom stereocenters. The fraction of sp³-hybridized carbons (Fsp3) is 0.688. The van der Waals surface area contributed by atoms with Gasteiger partial charge in [-0.3, -0.25) is 4.98 Å². The van der Waals surface area contributed by atoms with E-state index < -0.39 is 0 Å². The van der Waals surface area contributed by atoms with Crippen LogP contribution >= 0.6 is 0 Å². The van der Waals surface area contributed by atoms with E-state index in [1.54, 1.807) is 0 Å². The van der Waals surface area contributed by atoms with E-state index >= 15 is 0 Å². The van der Waals surface area contributed by atoms with Gasteiger partial charge in [-0.25, -0.2) is 0 Å². The number of hydrogen-bond donors (Lipinski definition) is 1. The molecule has 1 aliphatic carbocycles. The van der Waals surface area contributed by atoms with Crippen LogP contribution in [0.1, 0.15) is 50.2 Å². The quantitative estimate of drug-likeness (QED) is 0.854. The number of aryl methyl sites for hydroxylation is 1. The van der Waals surface area contributed by atoms with Gasteiger partial charge in [0.05, 0.1) is 12.7 Å². The van der Waals surface area contributed by atoms with Gasteiger partial charge in [0.2, 0.25) is 0 Å². The zero-order valence-corrected chi connectivity index (χ0v) is 12.2. The topological polar surface area (TPSA) is 34.1 Å². The lowest BCUT2D eigenvalue weighted by Gasteiger charge is -2.29. The molecule has 106 valence electrons. The number of aromatic nitrogens is 1. The smallest absolute Gasteiger partial charge is 0.0735 e. The monoisotopic (exact) mass is 262 g/mol. The first-order chi connectivity index (χ1) is 9.28. The van der Waals surface area contributed by atoms with Crippen molar-refractivity contribution in [3.8, 4) is 0 Å². The van der Waals surface area contributed by atoms with Crippen LogP contribution in [0.5, 0.6) is 0 Å². The summed E-state index contributed by atoms with van der Waals surface area (Å²) in [5.41, 5.74) is 2.39. The van der Waals surface area contributed by atoms with Crippen LogP contribution in [0.2, 0.25) is 0 Å². The van der Waals surface area contributed by atoms with Crippen molar-refractivity contribution in [3.63, 3.8) is 0 Å². The summed E-state index contributed by atoms with van der Waals surface area (Å²) >= 11 is 0. The summed E-state index contributed by atoms with van der Waals surface area (Å²) in [6.07, 6.45) is 10.3. The van der Waals surface area contributed by atoms with Crippen molar-refractivity contribution in [2.75, 3.05) is 6.54 Å². The molecule has 1 fully saturated rings. The first-order valence-electron chi connectivity index (χ1n) is 7.53. The van der Waals surface area contributed by atoms with Crippen molar-refractivity contribution in [3.05, 3.63) is 29.6 Å². The third-order valence-corrected chi connectivity index (χ3v) is 3.77. The van der Waals surface area contributed by atoms with Gasteiger partial charge in [0.25, 0.3) is 0 Å². The Balaban J connectivity index is 1.68. The van der Waals surface area contributed by atoms with Crippen LogP contribution in [0.4, 0.5) is 0 Å². The van der Waals surface area contributed by atoms with E-state index in [0.717, 1.165) is 6.54 Å². The van der Waals surface area contributed by atoms with Gasteiger partial charge in [-0.05, 0) is 56.7 Å². The highest BCUT2D eigenvalue weighted by Crippen LogP contribution is 2.22. The Morgan fingerprint density at radius 1 is 1.26 bits per heavy atom. The first-order valence-corrected chi connectivity index (χ1v) is 7.53. The number of rotatable bonds is 6. The van der Waals surface area contributed by atoms with Gasteiger partial charge in [0.15, 0.2) is 0 Å². The average molecular weight is 262 g/mol. The zero-order chi connectivity index (χ0) is 13.5. The van der Waals surface area contributed by atoms with Crippen LogP contribution in [-0.4, -0.2) is 23.7 Å². The summed E-state index contributed by atoms with van der Waals surface area (Å²) in [6.45, 7) is 6.14. The molecule has 1 N–H and O–H groups in total. The van der Waals surface area contributed by atoms with Crippen molar-refractivity contribution < 1.29 is 4.74 Å². The van der Waals surface area contributed by atoms with E-state index in [1.807, 2.05) is 12.4 Å². The third kappa shape index (κ3) is 4.92. The molecule has 19 heavy (non-hydrogen) atoms. The molecule has 0 radical (unpaired) electrons. The van der Waals surface area contributed by atoms with Gasteiger partial charge in [-0.1, -0.05) is 13.0 Å². The maximum absolute atomic E-state index is 6.01. The summed E-state index contributed by atoms with van der Waals surface area (Å²) in [5.74, 6) is 0. The van der Waals surface area contributed by atoms with Crippen molar-refractivity contribution in [2.24, 2.45) is 0 Å². The summed E-state index contributed by atoms with van der Waals surface area (Å²) in [4.78, 5) is 4.20. The molecule has 0 aliphatic heterocycles. The molecule has 0 aromatic carbocycles. The fourth-order valence-corrected chi connectivity index (χ4v) is 2.69. The molecule has 0 spiro atoms. The Labute approximate surface area is 116 Å². The maximum atomic E-state index is 6.01. The van der Waals surface area contributed by atoms with Crippen molar-refractivity contribution in [1.82, 2.24) is 10.3 Å². The third-order valence-electron chi connectivity index (χ3n) is 3.77. The second-order valence-electron chi connectivity index (χ2n) is 5.61. The number of pyridine rings is 1. The summed E-state index contributed by atoms with van der Waals surface area (Å²) in [6, 6.07) is 2.86. The molecule has 2 rings (SSSR count). The van der Waals surface area contributed by atoms with Crippen LogP contribution in [-0.2, 0) is 11.3 Å². The minimum Gasteiger partial charge on any atom is -0.373 e. The van der Waals surface area contributed by atoms with E-state index in [1.165, 1.54) is 43.2 Å². The van der Waals surface area contributed by atoms with Gasteiger partial charge in [-0.2, -0.15) is 0 Å². The molecular formula is C16H26N2O. The predicted octanol–water partition coefficient (Wildman–Crippen LogP) is 3.22. The minimum absolute atomic E-state index is 0.431. The lowest BCUT2D eigenvalue weighted by Crippen LogP contribution is -2.35. The van der Waals surface area contributed by atoms with Gasteiger partial charge in [-0.15, -0.1) is 0 Å². The van der Waals surface area contributed by atoms with Crippen molar-refractivity contribution >= 4 is 0 Å². The van der Waals surface area contributed by atoms with Crippen LogP contribution in [0, 0.1) is 6.92 Å². The molecule has 0 amide bonds. The molecule has 3 heteroatoms. The summed E-state index contributed by atoms with van der Waals surface area (Å²) in [5, 5.41) is 3.61. The second kappa shape index (κ2) is 7.61. The first kappa shape index (κ1) is 14.5. The van der Waals surface area contributed by atoms with Gasteiger partial charge >= 0.3 is 0 Å². The SMILES string of the molecule is CCCNC1CCC(OCc2cncc(C)c2)CC1. The molecule has 0 saturated heterocycles. The highest BCUT2D eigenvalue weighted by Gasteiger charge is 2.20. The molecule has 0 bridgehead atoms. The lowest BCUT2D eigenvalue weighted by molar-refractivity contribution is 0.0112. The van der Waals surface area contributed by atoms with Crippen LogP contribution < -0.4 is 5.32 Å². The largest absolute Gasteiger partial charge is 0.373 e. The van der Waals surface area contributed by atoms with E-state index in [2.05, 4.69) is 30.2 Å². The highest BCUT2D eigenvalue weighted by atomic mass is 16.5. The lowest BCUT2D eigenvalue weighted by atomic mass is 9.93. The van der Waals surface area contributed by atoms with E-state index in [4.69, 9.17) is 4.74 Å². The molecule has 1 saturated carbocycles. The zero-order valence-electron chi connectivity index (χ0n) is 12.2. The maximum Gasteiger partial charge on any atom is 0.0735 e. The number of nitrogens with one attached hydrogen (secondary N) is 1. The van der Waals surface area contributed by atoms with Crippen LogP contribution in [0.25, 0.3) is 0 Å². The normalized spacial score (nSPS) is 23.5. The average Bonchev–Trinajstić information content (AvgIpc) is 2.44. The van der Waals surface area contributed by atoms with Crippen LogP contribution in [0.15, 0.2) is 18.5 Å². The molecule has 1 heterocycles.